The van der Waals surface area contributed by atoms with Gasteiger partial charge in [-0.15, -0.1) is 0 Å². The Bertz CT molecular complexity index is 561. The normalized spacial score (nSPS) is 13.6. The van der Waals surface area contributed by atoms with E-state index in [-0.39, 0.29) is 16.8 Å². The van der Waals surface area contributed by atoms with Crippen LogP contribution in [0.4, 0.5) is 0 Å². The van der Waals surface area contributed by atoms with Gasteiger partial charge < -0.3 is 9.88 Å². The summed E-state index contributed by atoms with van der Waals surface area (Å²) in [6, 6.07) is 1.31. The van der Waals surface area contributed by atoms with Crippen LogP contribution in [0.5, 0.6) is 0 Å². The average molecular weight is 287 g/mol. The third-order valence-corrected chi connectivity index (χ3v) is 4.01. The van der Waals surface area contributed by atoms with Gasteiger partial charge in [0.15, 0.2) is 0 Å². The van der Waals surface area contributed by atoms with E-state index in [1.54, 1.807) is 4.57 Å². The van der Waals surface area contributed by atoms with Crippen molar-refractivity contribution in [2.75, 3.05) is 0 Å². The minimum atomic E-state index is -3.79. The maximum absolute atomic E-state index is 12.1. The molecule has 7 heteroatoms. The van der Waals surface area contributed by atoms with Gasteiger partial charge in [0.2, 0.25) is 10.0 Å². The number of aromatic nitrogens is 1. The van der Waals surface area contributed by atoms with E-state index < -0.39 is 10.0 Å². The first kappa shape index (κ1) is 15.7. The number of nitrogens with zero attached hydrogens (tertiary/aromatic N) is 1. The van der Waals surface area contributed by atoms with Crippen LogP contribution in [0.1, 0.15) is 38.2 Å². The highest BCUT2D eigenvalue weighted by atomic mass is 32.2. The van der Waals surface area contributed by atoms with E-state index in [1.807, 2.05) is 27.7 Å². The molecule has 1 aromatic heterocycles. The molecule has 0 aliphatic heterocycles. The third kappa shape index (κ3) is 3.81. The first-order chi connectivity index (χ1) is 8.66. The Balaban J connectivity index is 3.06. The van der Waals surface area contributed by atoms with E-state index in [4.69, 9.17) is 5.14 Å². The molecule has 0 saturated carbocycles. The van der Waals surface area contributed by atoms with Crippen LogP contribution >= 0.6 is 0 Å². The van der Waals surface area contributed by atoms with E-state index >= 15 is 0 Å². The first-order valence-electron chi connectivity index (χ1n) is 6.20. The summed E-state index contributed by atoms with van der Waals surface area (Å²) in [5, 5.41) is 7.91. The van der Waals surface area contributed by atoms with Crippen molar-refractivity contribution in [1.29, 1.82) is 0 Å². The van der Waals surface area contributed by atoms with Crippen LogP contribution < -0.4 is 10.5 Å². The molecule has 3 N–H and O–H groups in total. The quantitative estimate of drug-likeness (QED) is 0.843. The summed E-state index contributed by atoms with van der Waals surface area (Å²) >= 11 is 0. The van der Waals surface area contributed by atoms with Crippen LogP contribution in [-0.4, -0.2) is 24.9 Å². The number of sulfonamides is 1. The number of nitrogens with two attached hydrogens (primary N) is 1. The van der Waals surface area contributed by atoms with Crippen LogP contribution in [0.25, 0.3) is 0 Å². The van der Waals surface area contributed by atoms with Crippen LogP contribution in [0.2, 0.25) is 0 Å². The summed E-state index contributed by atoms with van der Waals surface area (Å²) < 4.78 is 24.2. The lowest BCUT2D eigenvalue weighted by Gasteiger charge is -2.17. The lowest BCUT2D eigenvalue weighted by atomic mass is 10.1. The molecule has 1 rings (SSSR count). The largest absolute Gasteiger partial charge is 0.348 e. The summed E-state index contributed by atoms with van der Waals surface area (Å²) in [5.74, 6) is 0.00431. The van der Waals surface area contributed by atoms with Gasteiger partial charge in [0.1, 0.15) is 10.6 Å². The highest BCUT2D eigenvalue weighted by molar-refractivity contribution is 7.89. The predicted octanol–water partition coefficient (Wildman–Crippen LogP) is 0.930. The number of rotatable bonds is 5. The standard InChI is InChI=1S/C12H21N3O3S/c1-5-15-7-10(19(13,17)18)6-11(15)12(16)14-9(4)8(2)3/h6-9H,5H2,1-4H3,(H,14,16)(H2,13,17,18). The second kappa shape index (κ2) is 5.75. The average Bonchev–Trinajstić information content (AvgIpc) is 2.72. The molecule has 0 radical (unpaired) electrons. The Labute approximate surface area is 114 Å². The lowest BCUT2D eigenvalue weighted by Crippen LogP contribution is -2.37. The van der Waals surface area contributed by atoms with Crippen molar-refractivity contribution in [3.63, 3.8) is 0 Å². The van der Waals surface area contributed by atoms with Crippen molar-refractivity contribution in [3.05, 3.63) is 18.0 Å². The maximum atomic E-state index is 12.1. The molecule has 0 aliphatic rings. The highest BCUT2D eigenvalue weighted by Gasteiger charge is 2.20. The summed E-state index contributed by atoms with van der Waals surface area (Å²) in [6.45, 7) is 8.23. The van der Waals surface area contributed by atoms with Crippen molar-refractivity contribution in [2.45, 2.75) is 45.2 Å². The zero-order valence-electron chi connectivity index (χ0n) is 11.7. The lowest BCUT2D eigenvalue weighted by molar-refractivity contribution is 0.0921. The highest BCUT2D eigenvalue weighted by Crippen LogP contribution is 2.14. The second-order valence-electron chi connectivity index (χ2n) is 4.90. The van der Waals surface area contributed by atoms with Gasteiger partial charge in [-0.1, -0.05) is 13.8 Å². The Morgan fingerprint density at radius 1 is 1.42 bits per heavy atom. The molecule has 1 amide bonds. The molecule has 1 heterocycles. The first-order valence-corrected chi connectivity index (χ1v) is 7.75. The van der Waals surface area contributed by atoms with Gasteiger partial charge in [-0.25, -0.2) is 13.6 Å². The summed E-state index contributed by atoms with van der Waals surface area (Å²) in [4.78, 5) is 12.1. The summed E-state index contributed by atoms with van der Waals surface area (Å²) in [6.07, 6.45) is 1.38. The molecule has 0 spiro atoms. The molecule has 0 bridgehead atoms. The Morgan fingerprint density at radius 3 is 2.42 bits per heavy atom. The number of nitrogens with one attached hydrogen (secondary N) is 1. The minimum Gasteiger partial charge on any atom is -0.348 e. The van der Waals surface area contributed by atoms with E-state index in [9.17, 15) is 13.2 Å². The fraction of sp³-hybridized carbons (Fsp3) is 0.583. The van der Waals surface area contributed by atoms with Gasteiger partial charge in [0.05, 0.1) is 0 Å². The van der Waals surface area contributed by atoms with Crippen molar-refractivity contribution >= 4 is 15.9 Å². The molecule has 0 aliphatic carbocycles. The second-order valence-corrected chi connectivity index (χ2v) is 6.46. The Morgan fingerprint density at radius 2 is 2.00 bits per heavy atom. The topological polar surface area (TPSA) is 94.2 Å². The van der Waals surface area contributed by atoms with E-state index in [2.05, 4.69) is 5.32 Å². The zero-order valence-corrected chi connectivity index (χ0v) is 12.5. The molecule has 1 aromatic rings. The van der Waals surface area contributed by atoms with E-state index in [1.165, 1.54) is 12.3 Å². The summed E-state index contributed by atoms with van der Waals surface area (Å²) in [5.41, 5.74) is 0.305. The number of hydrogen-bond acceptors (Lipinski definition) is 3. The molecule has 0 fully saturated rings. The molecule has 19 heavy (non-hydrogen) atoms. The van der Waals surface area contributed by atoms with Gasteiger partial charge in [0.25, 0.3) is 5.91 Å². The van der Waals surface area contributed by atoms with Gasteiger partial charge in [0, 0.05) is 18.8 Å². The number of carbonyl (C=O) groups excluding carboxylic acids is 1. The Kier molecular flexibility index (Phi) is 4.75. The van der Waals surface area contributed by atoms with Crippen molar-refractivity contribution in [2.24, 2.45) is 11.1 Å². The predicted molar refractivity (Wildman–Crippen MR) is 73.2 cm³/mol. The molecule has 6 nitrogen and oxygen atoms in total. The minimum absolute atomic E-state index is 0.00522. The van der Waals surface area contributed by atoms with Gasteiger partial charge in [-0.3, -0.25) is 4.79 Å². The number of hydrogen-bond donors (Lipinski definition) is 2. The van der Waals surface area contributed by atoms with Gasteiger partial charge in [-0.2, -0.15) is 0 Å². The van der Waals surface area contributed by atoms with Crippen molar-refractivity contribution in [3.8, 4) is 0 Å². The molecule has 1 atom stereocenters. The monoisotopic (exact) mass is 287 g/mol. The SMILES string of the molecule is CCn1cc(S(N)(=O)=O)cc1C(=O)NC(C)C(C)C. The number of carbonyl (C=O) groups is 1. The third-order valence-electron chi connectivity index (χ3n) is 3.13. The van der Waals surface area contributed by atoms with E-state index in [0.717, 1.165) is 0 Å². The van der Waals surface area contributed by atoms with Crippen molar-refractivity contribution in [1.82, 2.24) is 9.88 Å². The fourth-order valence-corrected chi connectivity index (χ4v) is 2.09. The van der Waals surface area contributed by atoms with Crippen LogP contribution in [0.3, 0.4) is 0 Å². The number of primary sulfonamides is 1. The van der Waals surface area contributed by atoms with Crippen LogP contribution in [0, 0.1) is 5.92 Å². The van der Waals surface area contributed by atoms with Crippen molar-refractivity contribution < 1.29 is 13.2 Å². The number of amides is 1. The number of aryl methyl sites for hydroxylation is 1. The molecule has 1 unspecified atom stereocenters. The maximum Gasteiger partial charge on any atom is 0.268 e. The van der Waals surface area contributed by atoms with Gasteiger partial charge in [-0.05, 0) is 25.8 Å². The Hall–Kier alpha value is -1.34. The molecular formula is C12H21N3O3S. The van der Waals surface area contributed by atoms with Gasteiger partial charge >= 0.3 is 0 Å². The van der Waals surface area contributed by atoms with E-state index in [0.29, 0.717) is 18.2 Å². The molecule has 0 saturated heterocycles. The molecule has 0 aromatic carbocycles. The fourth-order valence-electron chi connectivity index (χ4n) is 1.54. The molecular weight excluding hydrogens is 266 g/mol. The smallest absolute Gasteiger partial charge is 0.268 e. The molecule has 108 valence electrons. The van der Waals surface area contributed by atoms with Crippen LogP contribution in [-0.2, 0) is 16.6 Å². The van der Waals surface area contributed by atoms with Crippen LogP contribution in [0.15, 0.2) is 17.2 Å². The zero-order chi connectivity index (χ0) is 14.8. The summed E-state index contributed by atoms with van der Waals surface area (Å²) in [7, 11) is -3.79.